The van der Waals surface area contributed by atoms with Crippen LogP contribution in [0.5, 0.6) is 0 Å². The lowest BCUT2D eigenvalue weighted by Gasteiger charge is -2.39. The lowest BCUT2D eigenvalue weighted by Crippen LogP contribution is -2.48. The third-order valence-electron chi connectivity index (χ3n) is 10.8. The van der Waals surface area contributed by atoms with Crippen molar-refractivity contribution in [3.05, 3.63) is 42.0 Å². The van der Waals surface area contributed by atoms with Crippen molar-refractivity contribution in [3.8, 4) is 11.1 Å². The molecule has 0 radical (unpaired) electrons. The monoisotopic (exact) mass is 766 g/mol. The molecule has 0 unspecified atom stereocenters. The summed E-state index contributed by atoms with van der Waals surface area (Å²) in [5, 5.41) is 16.1. The molecule has 2 saturated heterocycles. The predicted molar refractivity (Wildman–Crippen MR) is 218 cm³/mol. The zero-order valence-corrected chi connectivity index (χ0v) is 36.4. The average molecular weight is 767 g/mol. The number of carbonyl (C=O) groups is 1. The van der Waals surface area contributed by atoms with E-state index in [0.717, 1.165) is 66.1 Å². The number of nitrogens with zero attached hydrogens (tertiary/aromatic N) is 6. The molecule has 0 aliphatic carbocycles. The van der Waals surface area contributed by atoms with Crippen LogP contribution in [-0.4, -0.2) is 96.2 Å². The number of fused-ring (bicyclic) bond motifs is 3. The summed E-state index contributed by atoms with van der Waals surface area (Å²) < 4.78 is 20.5. The summed E-state index contributed by atoms with van der Waals surface area (Å²) in [7, 11) is -2.56. The highest BCUT2D eigenvalue weighted by atomic mass is 28.3. The first kappa shape index (κ1) is 41.3. The van der Waals surface area contributed by atoms with Gasteiger partial charge in [-0.2, -0.15) is 9.61 Å². The minimum Gasteiger partial charge on any atom is -0.444 e. The van der Waals surface area contributed by atoms with Crippen LogP contribution in [0.25, 0.3) is 16.8 Å². The molecule has 0 saturated carbocycles. The van der Waals surface area contributed by atoms with E-state index in [1.54, 1.807) is 0 Å². The van der Waals surface area contributed by atoms with Gasteiger partial charge in [-0.15, -0.1) is 0 Å². The molecular weight excluding hydrogens is 701 g/mol. The number of pyridine rings is 1. The van der Waals surface area contributed by atoms with Crippen LogP contribution in [0.2, 0.25) is 51.4 Å². The first-order valence-corrected chi connectivity index (χ1v) is 27.2. The molecule has 13 heteroatoms. The quantitative estimate of drug-likeness (QED) is 0.0868. The lowest BCUT2D eigenvalue weighted by molar-refractivity contribution is 0.00567. The number of carbonyl (C=O) groups excluding carboxylic acids is 1. The topological polar surface area (TPSA) is 115 Å². The maximum absolute atomic E-state index is 13.3. The molecule has 294 valence electrons. The van der Waals surface area contributed by atoms with Gasteiger partial charge in [-0.1, -0.05) is 59.2 Å². The fourth-order valence-electron chi connectivity index (χ4n) is 7.35. The van der Waals surface area contributed by atoms with Crippen LogP contribution in [-0.2, 0) is 19.8 Å². The van der Waals surface area contributed by atoms with Crippen molar-refractivity contribution in [2.45, 2.75) is 154 Å². The third kappa shape index (κ3) is 10.5. The molecule has 2 fully saturated rings. The van der Waals surface area contributed by atoms with Gasteiger partial charge in [0.15, 0.2) is 5.65 Å². The Kier molecular flexibility index (Phi) is 12.9. The second kappa shape index (κ2) is 16.5. The molecular formula is C40H66N6O5Si2. The molecule has 3 atom stereocenters. The molecule has 53 heavy (non-hydrogen) atoms. The van der Waals surface area contributed by atoms with Crippen LogP contribution < -0.4 is 4.90 Å². The second-order valence-corrected chi connectivity index (χ2v) is 29.9. The van der Waals surface area contributed by atoms with Crippen LogP contribution >= 0.6 is 0 Å². The van der Waals surface area contributed by atoms with Gasteiger partial charge in [-0.3, -0.25) is 4.98 Å². The normalized spacial score (nSPS) is 19.6. The van der Waals surface area contributed by atoms with Crippen LogP contribution in [0.3, 0.4) is 0 Å². The van der Waals surface area contributed by atoms with Crippen molar-refractivity contribution in [2.24, 2.45) is 0 Å². The molecule has 11 nitrogen and oxygen atoms in total. The minimum atomic E-state index is -1.28. The number of ether oxygens (including phenoxy) is 3. The SMILES string of the molecule is CCC(O)(CC)c1ccc(-c2cnn3c(N(COCC[Si](C)(C)C)COCC[Si](C)(C)C)cc([C@H]4C[C@H]5CC[C@@H](C4)N5C(=O)OC(C)(C)C)nc23)cn1. The van der Waals surface area contributed by atoms with Crippen molar-refractivity contribution >= 4 is 33.7 Å². The maximum atomic E-state index is 13.3. The summed E-state index contributed by atoms with van der Waals surface area (Å²) >= 11 is 0. The zero-order chi connectivity index (χ0) is 38.8. The highest BCUT2D eigenvalue weighted by Gasteiger charge is 2.45. The number of hydrogen-bond donors (Lipinski definition) is 1. The number of anilines is 1. The third-order valence-corrected chi connectivity index (χ3v) is 14.2. The van der Waals surface area contributed by atoms with Gasteiger partial charge in [0.25, 0.3) is 0 Å². The van der Waals surface area contributed by atoms with E-state index < -0.39 is 27.3 Å². The Hall–Kier alpha value is -2.85. The van der Waals surface area contributed by atoms with E-state index in [9.17, 15) is 9.90 Å². The molecule has 2 aliphatic heterocycles. The molecule has 5 rings (SSSR count). The highest BCUT2D eigenvalue weighted by Crippen LogP contribution is 2.44. The van der Waals surface area contributed by atoms with Gasteiger partial charge in [0.2, 0.25) is 0 Å². The molecule has 0 spiro atoms. The first-order valence-electron chi connectivity index (χ1n) is 19.8. The van der Waals surface area contributed by atoms with E-state index in [4.69, 9.17) is 29.3 Å². The predicted octanol–water partition coefficient (Wildman–Crippen LogP) is 8.88. The highest BCUT2D eigenvalue weighted by molar-refractivity contribution is 6.76. The van der Waals surface area contributed by atoms with Crippen molar-refractivity contribution in [1.82, 2.24) is 24.5 Å². The minimum absolute atomic E-state index is 0.109. The van der Waals surface area contributed by atoms with Crippen molar-refractivity contribution in [1.29, 1.82) is 0 Å². The van der Waals surface area contributed by atoms with E-state index in [2.05, 4.69) is 50.2 Å². The van der Waals surface area contributed by atoms with E-state index >= 15 is 0 Å². The van der Waals surface area contributed by atoms with Crippen LogP contribution in [0.1, 0.15) is 90.4 Å². The first-order chi connectivity index (χ1) is 24.8. The standard InChI is InChI=1S/C40H66N6O5Si2/c1-12-40(48,13-2)35-17-14-29(25-41-35)33-26-42-46-36(44(27-49-18-20-52(6,7)8)28-50-19-21-53(9,10)11)24-34(43-37(33)46)30-22-31-15-16-32(23-30)45(31)38(47)51-39(3,4)5/h14,17,24-26,30-32,48H,12-13,15-16,18-23,27-28H2,1-11H3/t30-,31+,32-. The molecule has 2 aliphatic rings. The molecule has 2 bridgehead atoms. The number of rotatable bonds is 16. The van der Waals surface area contributed by atoms with Gasteiger partial charge in [0.1, 0.15) is 30.5 Å². The van der Waals surface area contributed by atoms with Gasteiger partial charge in [0, 0.05) is 76.4 Å². The van der Waals surface area contributed by atoms with Crippen LogP contribution in [0, 0.1) is 0 Å². The largest absolute Gasteiger partial charge is 0.444 e. The van der Waals surface area contributed by atoms with E-state index in [0.29, 0.717) is 45.2 Å². The van der Waals surface area contributed by atoms with Crippen LogP contribution in [0.4, 0.5) is 10.6 Å². The molecule has 5 heterocycles. The average Bonchev–Trinajstić information content (AvgIpc) is 3.63. The number of piperidine rings is 1. The number of aliphatic hydroxyl groups is 1. The fraction of sp³-hybridized carbons (Fsp3) is 0.700. The summed E-state index contributed by atoms with van der Waals surface area (Å²) in [4.78, 5) is 27.6. The summed E-state index contributed by atoms with van der Waals surface area (Å²) in [5.74, 6) is 1.03. The zero-order valence-electron chi connectivity index (χ0n) is 34.4. The maximum Gasteiger partial charge on any atom is 0.410 e. The Morgan fingerprint density at radius 2 is 1.51 bits per heavy atom. The fourth-order valence-corrected chi connectivity index (χ4v) is 8.86. The molecule has 3 aromatic heterocycles. The number of hydrogen-bond acceptors (Lipinski definition) is 9. The summed E-state index contributed by atoms with van der Waals surface area (Å²) in [6.45, 7) is 26.1. The lowest BCUT2D eigenvalue weighted by atomic mass is 9.88. The smallest absolute Gasteiger partial charge is 0.410 e. The van der Waals surface area contributed by atoms with Gasteiger partial charge < -0.3 is 29.1 Å². The Morgan fingerprint density at radius 1 is 0.925 bits per heavy atom. The van der Waals surface area contributed by atoms with Gasteiger partial charge >= 0.3 is 6.09 Å². The molecule has 1 amide bonds. The van der Waals surface area contributed by atoms with E-state index in [1.165, 1.54) is 0 Å². The van der Waals surface area contributed by atoms with Gasteiger partial charge in [-0.25, -0.2) is 9.78 Å². The van der Waals surface area contributed by atoms with E-state index in [-0.39, 0.29) is 24.1 Å². The molecule has 0 aromatic carbocycles. The Bertz CT molecular complexity index is 1640. The van der Waals surface area contributed by atoms with Crippen LogP contribution in [0.15, 0.2) is 30.6 Å². The van der Waals surface area contributed by atoms with Crippen molar-refractivity contribution in [3.63, 3.8) is 0 Å². The van der Waals surface area contributed by atoms with Gasteiger partial charge in [0.05, 0.1) is 11.9 Å². The van der Waals surface area contributed by atoms with Crippen molar-refractivity contribution in [2.75, 3.05) is 31.6 Å². The molecule has 3 aromatic rings. The van der Waals surface area contributed by atoms with Gasteiger partial charge in [-0.05, 0) is 77.5 Å². The summed E-state index contributed by atoms with van der Waals surface area (Å²) in [5.41, 5.74) is 2.65. The summed E-state index contributed by atoms with van der Waals surface area (Å²) in [6, 6.07) is 8.48. The second-order valence-electron chi connectivity index (χ2n) is 18.7. The molecule has 1 N–H and O–H groups in total. The van der Waals surface area contributed by atoms with Crippen molar-refractivity contribution < 1.29 is 24.1 Å². The number of amides is 1. The Balaban J connectivity index is 1.54. The summed E-state index contributed by atoms with van der Waals surface area (Å²) in [6.07, 6.45) is 8.24. The number of aromatic nitrogens is 4. The Morgan fingerprint density at radius 3 is 2.00 bits per heavy atom. The Labute approximate surface area is 319 Å². The van der Waals surface area contributed by atoms with E-state index in [1.807, 2.05) is 68.6 Å².